The molecule has 1 amide bonds. The minimum atomic E-state index is -0.0705. The number of carbonyl (C=O) groups excluding carboxylic acids is 1. The molecule has 0 radical (unpaired) electrons. The molecule has 23 heavy (non-hydrogen) atoms. The zero-order valence-corrected chi connectivity index (χ0v) is 14.3. The molecule has 0 spiro atoms. The molecule has 0 saturated heterocycles. The van der Waals surface area contributed by atoms with Crippen LogP contribution in [0.2, 0.25) is 5.15 Å². The predicted octanol–water partition coefficient (Wildman–Crippen LogP) is 3.96. The maximum Gasteiger partial charge on any atom is 0.259 e. The molecule has 3 heterocycles. The van der Waals surface area contributed by atoms with Gasteiger partial charge in [0.15, 0.2) is 5.15 Å². The number of rotatable bonds is 4. The van der Waals surface area contributed by atoms with Crippen LogP contribution in [0.5, 0.6) is 0 Å². The van der Waals surface area contributed by atoms with Crippen LogP contribution in [-0.2, 0) is 0 Å². The number of anilines is 1. The molecule has 3 rings (SSSR count). The lowest BCUT2D eigenvalue weighted by molar-refractivity contribution is 0.0988. The zero-order chi connectivity index (χ0) is 16.4. The van der Waals surface area contributed by atoms with Crippen molar-refractivity contribution < 1.29 is 4.79 Å². The minimum absolute atomic E-state index is 0.0705. The number of aryl methyl sites for hydroxylation is 1. The Bertz CT molecular complexity index is 828. The highest BCUT2D eigenvalue weighted by atomic mass is 35.5. The maximum atomic E-state index is 12.8. The second-order valence-corrected chi connectivity index (χ2v) is 6.08. The van der Waals surface area contributed by atoms with Crippen molar-refractivity contribution >= 4 is 34.5 Å². The number of hydrogen-bond donors (Lipinski definition) is 0. The van der Waals surface area contributed by atoms with Crippen LogP contribution in [0.4, 0.5) is 5.69 Å². The van der Waals surface area contributed by atoms with Gasteiger partial charge >= 0.3 is 0 Å². The van der Waals surface area contributed by atoms with Crippen LogP contribution in [-0.4, -0.2) is 27.2 Å². The Hall–Kier alpha value is -2.18. The molecule has 0 aromatic carbocycles. The van der Waals surface area contributed by atoms with Crippen LogP contribution in [0, 0.1) is 6.92 Å². The SMILES string of the molecule is CCN(C(=O)c1cscc1C)c1cn(-c2cccnc2)nc1Cl. The third-order valence-electron chi connectivity index (χ3n) is 3.50. The number of hydrogen-bond acceptors (Lipinski definition) is 4. The molecule has 7 heteroatoms. The third kappa shape index (κ3) is 3.00. The predicted molar refractivity (Wildman–Crippen MR) is 92.8 cm³/mol. The summed E-state index contributed by atoms with van der Waals surface area (Å²) in [6, 6.07) is 3.70. The lowest BCUT2D eigenvalue weighted by Crippen LogP contribution is -2.30. The average molecular weight is 347 g/mol. The van der Waals surface area contributed by atoms with Gasteiger partial charge in [-0.3, -0.25) is 9.78 Å². The van der Waals surface area contributed by atoms with Crippen LogP contribution in [0.25, 0.3) is 5.69 Å². The number of pyridine rings is 1. The average Bonchev–Trinajstić information content (AvgIpc) is 3.15. The lowest BCUT2D eigenvalue weighted by atomic mass is 10.2. The van der Waals surface area contributed by atoms with Crippen LogP contribution in [0.1, 0.15) is 22.8 Å². The fourth-order valence-corrected chi connectivity index (χ4v) is 3.35. The largest absolute Gasteiger partial charge is 0.304 e. The third-order valence-corrected chi connectivity index (χ3v) is 4.63. The fraction of sp³-hybridized carbons (Fsp3) is 0.188. The molecule has 3 aromatic heterocycles. The maximum absolute atomic E-state index is 12.8. The summed E-state index contributed by atoms with van der Waals surface area (Å²) in [5.41, 5.74) is 3.04. The Morgan fingerprint density at radius 1 is 1.43 bits per heavy atom. The first-order valence-electron chi connectivity index (χ1n) is 7.12. The van der Waals surface area contributed by atoms with Gasteiger partial charge in [-0.15, -0.1) is 0 Å². The van der Waals surface area contributed by atoms with Gasteiger partial charge in [0.2, 0.25) is 0 Å². The normalized spacial score (nSPS) is 10.7. The van der Waals surface area contributed by atoms with Gasteiger partial charge in [-0.2, -0.15) is 16.4 Å². The fourth-order valence-electron chi connectivity index (χ4n) is 2.29. The van der Waals surface area contributed by atoms with Crippen molar-refractivity contribution in [2.24, 2.45) is 0 Å². The number of carbonyl (C=O) groups is 1. The first-order chi connectivity index (χ1) is 11.1. The topological polar surface area (TPSA) is 51.0 Å². The number of thiophene rings is 1. The highest BCUT2D eigenvalue weighted by molar-refractivity contribution is 7.08. The van der Waals surface area contributed by atoms with E-state index in [1.165, 1.54) is 11.3 Å². The second kappa shape index (κ2) is 6.52. The molecular weight excluding hydrogens is 332 g/mol. The lowest BCUT2D eigenvalue weighted by Gasteiger charge is -2.19. The Morgan fingerprint density at radius 3 is 2.87 bits per heavy atom. The first-order valence-corrected chi connectivity index (χ1v) is 8.44. The summed E-state index contributed by atoms with van der Waals surface area (Å²) in [5, 5.41) is 8.40. The molecule has 3 aromatic rings. The molecule has 5 nitrogen and oxygen atoms in total. The molecule has 0 bridgehead atoms. The van der Waals surface area contributed by atoms with Gasteiger partial charge in [-0.1, -0.05) is 11.6 Å². The van der Waals surface area contributed by atoms with Gasteiger partial charge < -0.3 is 4.90 Å². The Balaban J connectivity index is 1.98. The summed E-state index contributed by atoms with van der Waals surface area (Å²) in [6.07, 6.45) is 5.13. The molecule has 0 unspecified atom stereocenters. The smallest absolute Gasteiger partial charge is 0.259 e. The van der Waals surface area contributed by atoms with Gasteiger partial charge in [0.25, 0.3) is 5.91 Å². The van der Waals surface area contributed by atoms with Gasteiger partial charge in [0.1, 0.15) is 5.69 Å². The van der Waals surface area contributed by atoms with Crippen molar-refractivity contribution in [1.29, 1.82) is 0 Å². The zero-order valence-electron chi connectivity index (χ0n) is 12.7. The van der Waals surface area contributed by atoms with E-state index < -0.39 is 0 Å². The van der Waals surface area contributed by atoms with E-state index in [1.807, 2.05) is 36.7 Å². The summed E-state index contributed by atoms with van der Waals surface area (Å²) in [4.78, 5) is 18.5. The quantitative estimate of drug-likeness (QED) is 0.718. The van der Waals surface area contributed by atoms with Crippen LogP contribution < -0.4 is 4.90 Å². The monoisotopic (exact) mass is 346 g/mol. The summed E-state index contributed by atoms with van der Waals surface area (Å²) < 4.78 is 1.63. The van der Waals surface area contributed by atoms with Crippen molar-refractivity contribution in [3.8, 4) is 5.69 Å². The van der Waals surface area contributed by atoms with E-state index in [1.54, 1.807) is 28.2 Å². The van der Waals surface area contributed by atoms with Crippen LogP contribution >= 0.6 is 22.9 Å². The highest BCUT2D eigenvalue weighted by Gasteiger charge is 2.23. The molecule has 0 aliphatic carbocycles. The van der Waals surface area contributed by atoms with Crippen molar-refractivity contribution in [2.75, 3.05) is 11.4 Å². The Morgan fingerprint density at radius 2 is 2.26 bits per heavy atom. The molecule has 0 atom stereocenters. The van der Waals surface area contributed by atoms with Gasteiger partial charge in [-0.25, -0.2) is 4.68 Å². The van der Waals surface area contributed by atoms with Crippen molar-refractivity contribution in [3.05, 3.63) is 57.8 Å². The van der Waals surface area contributed by atoms with Crippen LogP contribution in [0.3, 0.4) is 0 Å². The van der Waals surface area contributed by atoms with E-state index in [-0.39, 0.29) is 11.1 Å². The van der Waals surface area contributed by atoms with E-state index in [0.717, 1.165) is 11.3 Å². The molecule has 0 N–H and O–H groups in total. The van der Waals surface area contributed by atoms with E-state index >= 15 is 0 Å². The second-order valence-electron chi connectivity index (χ2n) is 4.98. The van der Waals surface area contributed by atoms with Gasteiger partial charge in [0, 0.05) is 18.1 Å². The van der Waals surface area contributed by atoms with Gasteiger partial charge in [-0.05, 0) is 36.9 Å². The van der Waals surface area contributed by atoms with E-state index in [2.05, 4.69) is 10.1 Å². The summed E-state index contributed by atoms with van der Waals surface area (Å²) in [5.74, 6) is -0.0705. The molecule has 0 aliphatic rings. The summed E-state index contributed by atoms with van der Waals surface area (Å²) in [7, 11) is 0. The molecular formula is C16H15ClN4OS. The Kier molecular flexibility index (Phi) is 4.45. The molecule has 118 valence electrons. The molecule has 0 fully saturated rings. The van der Waals surface area contributed by atoms with Crippen molar-refractivity contribution in [2.45, 2.75) is 13.8 Å². The van der Waals surface area contributed by atoms with E-state index in [0.29, 0.717) is 17.8 Å². The van der Waals surface area contributed by atoms with Crippen molar-refractivity contribution in [1.82, 2.24) is 14.8 Å². The van der Waals surface area contributed by atoms with E-state index in [9.17, 15) is 4.79 Å². The number of nitrogens with zero attached hydrogens (tertiary/aromatic N) is 4. The molecule has 0 aliphatic heterocycles. The van der Waals surface area contributed by atoms with Crippen molar-refractivity contribution in [3.63, 3.8) is 0 Å². The molecule has 0 saturated carbocycles. The van der Waals surface area contributed by atoms with E-state index in [4.69, 9.17) is 11.6 Å². The number of amides is 1. The first kappa shape index (κ1) is 15.7. The minimum Gasteiger partial charge on any atom is -0.304 e. The number of halogens is 1. The summed E-state index contributed by atoms with van der Waals surface area (Å²) >= 11 is 7.78. The standard InChI is InChI=1S/C16H15ClN4OS/c1-3-20(16(22)13-10-23-9-11(13)2)14-8-21(19-15(14)17)12-5-4-6-18-7-12/h4-10H,3H2,1-2H3. The van der Waals surface area contributed by atoms with Crippen LogP contribution in [0.15, 0.2) is 41.5 Å². The Labute approximate surface area is 143 Å². The summed E-state index contributed by atoms with van der Waals surface area (Å²) in [6.45, 7) is 4.35. The van der Waals surface area contributed by atoms with Gasteiger partial charge in [0.05, 0.1) is 23.6 Å². The number of aromatic nitrogens is 3. The highest BCUT2D eigenvalue weighted by Crippen LogP contribution is 2.28.